The van der Waals surface area contributed by atoms with Crippen molar-refractivity contribution >= 4 is 11.8 Å². The molecule has 0 spiro atoms. The van der Waals surface area contributed by atoms with Gasteiger partial charge < -0.3 is 15.0 Å². The molecule has 0 amide bonds. The highest BCUT2D eigenvalue weighted by molar-refractivity contribution is 5.74. The normalized spacial score (nSPS) is 12.3. The van der Waals surface area contributed by atoms with Crippen LogP contribution in [0, 0.1) is 5.41 Å². The fraction of sp³-hybridized carbons (Fsp3) is 0.615. The van der Waals surface area contributed by atoms with Crippen molar-refractivity contribution in [2.45, 2.75) is 40.2 Å². The molecule has 106 valence electrons. The Balaban J connectivity index is 2.99. The number of aromatic nitrogens is 2. The first-order chi connectivity index (χ1) is 8.55. The highest BCUT2D eigenvalue weighted by Gasteiger charge is 2.27. The number of rotatable bonds is 4. The number of nitrogens with one attached hydrogen (secondary N) is 1. The van der Waals surface area contributed by atoms with Gasteiger partial charge in [0.15, 0.2) is 5.82 Å². The van der Waals surface area contributed by atoms with E-state index in [1.807, 2.05) is 20.8 Å². The molecule has 1 heterocycles. The molecule has 0 aliphatic carbocycles. The molecule has 0 atom stereocenters. The third-order valence-electron chi connectivity index (χ3n) is 2.84. The summed E-state index contributed by atoms with van der Waals surface area (Å²) in [4.78, 5) is 27.2. The maximum absolute atomic E-state index is 12.2. The van der Waals surface area contributed by atoms with Gasteiger partial charge in [-0.15, -0.1) is 0 Å². The van der Waals surface area contributed by atoms with E-state index in [2.05, 4.69) is 10.3 Å². The van der Waals surface area contributed by atoms with Gasteiger partial charge in [0, 0.05) is 24.5 Å². The minimum absolute atomic E-state index is 0.138. The van der Waals surface area contributed by atoms with Crippen molar-refractivity contribution in [1.82, 2.24) is 9.55 Å². The number of carboxylic acids is 1. The van der Waals surface area contributed by atoms with E-state index < -0.39 is 11.4 Å². The van der Waals surface area contributed by atoms with Crippen LogP contribution in [-0.4, -0.2) is 27.2 Å². The summed E-state index contributed by atoms with van der Waals surface area (Å²) in [5.74, 6) is -0.751. The molecule has 0 aliphatic rings. The van der Waals surface area contributed by atoms with Crippen LogP contribution in [0.3, 0.4) is 0 Å². The molecule has 0 saturated heterocycles. The second-order valence-corrected chi connectivity index (χ2v) is 6.16. The monoisotopic (exact) mass is 267 g/mol. The fourth-order valence-corrected chi connectivity index (χ4v) is 1.44. The maximum atomic E-state index is 12.2. The summed E-state index contributed by atoms with van der Waals surface area (Å²) in [5, 5.41) is 11.9. The van der Waals surface area contributed by atoms with Crippen LogP contribution < -0.4 is 10.9 Å². The zero-order valence-corrected chi connectivity index (χ0v) is 12.0. The average Bonchev–Trinajstić information content (AvgIpc) is 2.25. The molecular weight excluding hydrogens is 246 g/mol. The average molecular weight is 267 g/mol. The Labute approximate surface area is 112 Å². The molecule has 0 radical (unpaired) electrons. The topological polar surface area (TPSA) is 84.2 Å². The molecule has 2 N–H and O–H groups in total. The first-order valence-electron chi connectivity index (χ1n) is 6.11. The summed E-state index contributed by atoms with van der Waals surface area (Å²) in [6.07, 6.45) is 3.15. The molecule has 1 rings (SSSR count). The van der Waals surface area contributed by atoms with Crippen LogP contribution in [0.4, 0.5) is 5.82 Å². The number of anilines is 1. The van der Waals surface area contributed by atoms with Crippen LogP contribution >= 0.6 is 0 Å². The fourth-order valence-electron chi connectivity index (χ4n) is 1.44. The summed E-state index contributed by atoms with van der Waals surface area (Å²) < 4.78 is 1.57. The maximum Gasteiger partial charge on any atom is 0.310 e. The van der Waals surface area contributed by atoms with Crippen LogP contribution in [0.2, 0.25) is 0 Å². The second kappa shape index (κ2) is 5.03. The molecule has 6 heteroatoms. The van der Waals surface area contributed by atoms with Crippen LogP contribution in [0.15, 0.2) is 17.2 Å². The Hall–Kier alpha value is -1.85. The Morgan fingerprint density at radius 2 is 1.95 bits per heavy atom. The van der Waals surface area contributed by atoms with Gasteiger partial charge in [-0.1, -0.05) is 0 Å². The lowest BCUT2D eigenvalue weighted by Gasteiger charge is -2.23. The number of nitrogens with zero attached hydrogens (tertiary/aromatic N) is 2. The number of hydrogen-bond donors (Lipinski definition) is 2. The minimum atomic E-state index is -0.962. The van der Waals surface area contributed by atoms with Crippen molar-refractivity contribution in [1.29, 1.82) is 0 Å². The van der Waals surface area contributed by atoms with E-state index in [9.17, 15) is 9.59 Å². The first-order valence-corrected chi connectivity index (χ1v) is 6.11. The van der Waals surface area contributed by atoms with Gasteiger partial charge in [-0.2, -0.15) is 0 Å². The quantitative estimate of drug-likeness (QED) is 0.864. The summed E-state index contributed by atoms with van der Waals surface area (Å²) in [5.41, 5.74) is -1.56. The van der Waals surface area contributed by atoms with Crippen LogP contribution in [0.25, 0.3) is 0 Å². The molecule has 0 saturated carbocycles. The lowest BCUT2D eigenvalue weighted by molar-refractivity contribution is -0.146. The van der Waals surface area contributed by atoms with Crippen molar-refractivity contribution in [3.05, 3.63) is 22.7 Å². The summed E-state index contributed by atoms with van der Waals surface area (Å²) >= 11 is 0. The van der Waals surface area contributed by atoms with Crippen molar-refractivity contribution in [2.24, 2.45) is 5.41 Å². The number of carbonyl (C=O) groups is 1. The number of aliphatic carboxylic acids is 1. The van der Waals surface area contributed by atoms with Gasteiger partial charge in [-0.3, -0.25) is 9.59 Å². The Morgan fingerprint density at radius 3 is 2.42 bits per heavy atom. The van der Waals surface area contributed by atoms with Gasteiger partial charge in [0.05, 0.1) is 5.41 Å². The van der Waals surface area contributed by atoms with E-state index in [4.69, 9.17) is 5.11 Å². The molecule has 1 aromatic rings. The summed E-state index contributed by atoms with van der Waals surface area (Å²) in [6, 6.07) is 0. The zero-order chi connectivity index (χ0) is 14.8. The molecule has 0 aromatic carbocycles. The number of carboxylic acid groups (broad SMARTS) is 1. The largest absolute Gasteiger partial charge is 0.481 e. The molecule has 0 bridgehead atoms. The van der Waals surface area contributed by atoms with Crippen molar-refractivity contribution in [3.63, 3.8) is 0 Å². The van der Waals surface area contributed by atoms with E-state index in [1.165, 1.54) is 6.20 Å². The van der Waals surface area contributed by atoms with E-state index in [-0.39, 0.29) is 23.5 Å². The Morgan fingerprint density at radius 1 is 1.37 bits per heavy atom. The summed E-state index contributed by atoms with van der Waals surface area (Å²) in [7, 11) is 0. The molecule has 0 aliphatic heterocycles. The highest BCUT2D eigenvalue weighted by atomic mass is 16.4. The Kier molecular flexibility index (Phi) is 4.03. The van der Waals surface area contributed by atoms with Gasteiger partial charge in [-0.25, -0.2) is 4.98 Å². The SMILES string of the molecule is CC(C)(CNc1nccn(C(C)(C)C)c1=O)C(=O)O. The second-order valence-electron chi connectivity index (χ2n) is 6.16. The van der Waals surface area contributed by atoms with Crippen molar-refractivity contribution < 1.29 is 9.90 Å². The highest BCUT2D eigenvalue weighted by Crippen LogP contribution is 2.15. The summed E-state index contributed by atoms with van der Waals surface area (Å²) in [6.45, 7) is 9.07. The van der Waals surface area contributed by atoms with Crippen LogP contribution in [0.5, 0.6) is 0 Å². The lowest BCUT2D eigenvalue weighted by atomic mass is 9.94. The van der Waals surface area contributed by atoms with Gasteiger partial charge >= 0.3 is 5.97 Å². The van der Waals surface area contributed by atoms with Crippen LogP contribution in [0.1, 0.15) is 34.6 Å². The van der Waals surface area contributed by atoms with E-state index in [1.54, 1.807) is 24.6 Å². The standard InChI is InChI=1S/C13H21N3O3/c1-12(2,3)16-7-6-14-9(10(16)17)15-8-13(4,5)11(18)19/h6-7H,8H2,1-5H3,(H,14,15)(H,18,19). The minimum Gasteiger partial charge on any atom is -0.481 e. The molecule has 0 fully saturated rings. The smallest absolute Gasteiger partial charge is 0.310 e. The van der Waals surface area contributed by atoms with E-state index in [0.717, 1.165) is 0 Å². The van der Waals surface area contributed by atoms with Gasteiger partial charge in [0.1, 0.15) is 0 Å². The molecule has 0 unspecified atom stereocenters. The van der Waals surface area contributed by atoms with E-state index >= 15 is 0 Å². The molecule has 19 heavy (non-hydrogen) atoms. The zero-order valence-electron chi connectivity index (χ0n) is 12.0. The Bertz CT molecular complexity index is 527. The van der Waals surface area contributed by atoms with Crippen molar-refractivity contribution in [3.8, 4) is 0 Å². The van der Waals surface area contributed by atoms with Crippen molar-refractivity contribution in [2.75, 3.05) is 11.9 Å². The molecule has 6 nitrogen and oxygen atoms in total. The third-order valence-corrected chi connectivity index (χ3v) is 2.84. The van der Waals surface area contributed by atoms with Gasteiger partial charge in [0.25, 0.3) is 5.56 Å². The first kappa shape index (κ1) is 15.2. The molecule has 1 aromatic heterocycles. The predicted molar refractivity (Wildman–Crippen MR) is 73.4 cm³/mol. The lowest BCUT2D eigenvalue weighted by Crippen LogP contribution is -2.37. The number of hydrogen-bond acceptors (Lipinski definition) is 4. The van der Waals surface area contributed by atoms with Crippen LogP contribution in [-0.2, 0) is 10.3 Å². The van der Waals surface area contributed by atoms with Gasteiger partial charge in [0.2, 0.25) is 0 Å². The predicted octanol–water partition coefficient (Wildman–Crippen LogP) is 1.52. The third kappa shape index (κ3) is 3.56. The molecular formula is C13H21N3O3. The van der Waals surface area contributed by atoms with Gasteiger partial charge in [-0.05, 0) is 34.6 Å². The van der Waals surface area contributed by atoms with E-state index in [0.29, 0.717) is 0 Å².